The molecule has 0 bridgehead atoms. The molecule has 2 aromatic carbocycles. The van der Waals surface area contributed by atoms with E-state index in [9.17, 15) is 22.8 Å². The van der Waals surface area contributed by atoms with Gasteiger partial charge in [0, 0.05) is 24.0 Å². The van der Waals surface area contributed by atoms with Gasteiger partial charge in [-0.15, -0.1) is 0 Å². The molecule has 2 amide bonds. The van der Waals surface area contributed by atoms with E-state index in [1.165, 1.54) is 18.6 Å². The predicted octanol–water partition coefficient (Wildman–Crippen LogP) is 4.36. The van der Waals surface area contributed by atoms with E-state index in [-0.39, 0.29) is 34.2 Å². The Balaban J connectivity index is 1.50. The third-order valence-electron chi connectivity index (χ3n) is 4.99. The first-order chi connectivity index (χ1) is 16.3. The van der Waals surface area contributed by atoms with Crippen LogP contribution in [0.1, 0.15) is 26.4 Å². The van der Waals surface area contributed by atoms with Gasteiger partial charge in [-0.3, -0.25) is 25.2 Å². The van der Waals surface area contributed by atoms with Crippen LogP contribution in [0, 0.1) is 0 Å². The van der Waals surface area contributed by atoms with Crippen LogP contribution < -0.4 is 10.6 Å². The first-order valence-electron chi connectivity index (χ1n) is 9.86. The van der Waals surface area contributed by atoms with Crippen LogP contribution in [0.5, 0.6) is 0 Å². The lowest BCUT2D eigenvalue weighted by molar-refractivity contribution is -0.137. The Hall–Kier alpha value is -4.74. The fourth-order valence-corrected chi connectivity index (χ4v) is 3.40. The van der Waals surface area contributed by atoms with Crippen LogP contribution in [-0.2, 0) is 6.18 Å². The standard InChI is InChI=1S/C22H14F3N7O2/c23-22(24,25)13-8-14(18(33)31-20-26-5-6-27-20)17-15(9-13)29-21(30-17)32-19(34)16-7-11-3-1-2-4-12(11)10-28-16/h1-10H,(H2,26,27,31,33)(H2,29,30,32,34). The number of carbonyl (C=O) groups excluding carboxylic acids is 2. The minimum Gasteiger partial charge on any atom is -0.331 e. The molecule has 5 rings (SSSR count). The summed E-state index contributed by atoms with van der Waals surface area (Å²) in [5, 5.41) is 6.50. The van der Waals surface area contributed by atoms with Crippen LogP contribution in [0.25, 0.3) is 21.8 Å². The van der Waals surface area contributed by atoms with E-state index in [4.69, 9.17) is 0 Å². The zero-order valence-corrected chi connectivity index (χ0v) is 17.1. The van der Waals surface area contributed by atoms with Crippen molar-refractivity contribution >= 4 is 45.5 Å². The van der Waals surface area contributed by atoms with Crippen LogP contribution in [-0.4, -0.2) is 36.7 Å². The number of nitrogens with zero attached hydrogens (tertiary/aromatic N) is 3. The molecule has 0 saturated carbocycles. The molecule has 0 unspecified atom stereocenters. The molecule has 0 aliphatic rings. The molecule has 0 atom stereocenters. The van der Waals surface area contributed by atoms with E-state index < -0.39 is 23.6 Å². The highest BCUT2D eigenvalue weighted by Gasteiger charge is 2.33. The number of fused-ring (bicyclic) bond motifs is 2. The summed E-state index contributed by atoms with van der Waals surface area (Å²) in [4.78, 5) is 42.7. The fraction of sp³-hybridized carbons (Fsp3) is 0.0455. The minimum atomic E-state index is -4.72. The van der Waals surface area contributed by atoms with Crippen molar-refractivity contribution in [3.05, 3.63) is 77.9 Å². The lowest BCUT2D eigenvalue weighted by Gasteiger charge is -2.09. The van der Waals surface area contributed by atoms with Crippen LogP contribution >= 0.6 is 0 Å². The Morgan fingerprint density at radius 2 is 1.68 bits per heavy atom. The number of hydrogen-bond acceptors (Lipinski definition) is 5. The van der Waals surface area contributed by atoms with Crippen molar-refractivity contribution in [2.45, 2.75) is 6.18 Å². The molecule has 4 N–H and O–H groups in total. The third kappa shape index (κ3) is 4.03. The van der Waals surface area contributed by atoms with Crippen LogP contribution in [0.3, 0.4) is 0 Å². The molecular weight excluding hydrogens is 451 g/mol. The zero-order chi connectivity index (χ0) is 23.9. The second-order valence-corrected chi connectivity index (χ2v) is 7.26. The number of aromatic amines is 2. The number of amides is 2. The molecule has 0 radical (unpaired) electrons. The molecule has 0 aliphatic heterocycles. The van der Waals surface area contributed by atoms with Gasteiger partial charge in [0.25, 0.3) is 11.8 Å². The normalized spacial score (nSPS) is 11.6. The molecule has 0 saturated heterocycles. The van der Waals surface area contributed by atoms with E-state index in [2.05, 4.69) is 35.6 Å². The molecule has 170 valence electrons. The number of rotatable bonds is 4. The largest absolute Gasteiger partial charge is 0.416 e. The molecule has 5 aromatic rings. The third-order valence-corrected chi connectivity index (χ3v) is 4.99. The van der Waals surface area contributed by atoms with Crippen molar-refractivity contribution in [2.24, 2.45) is 0 Å². The number of halogens is 3. The number of hydrogen-bond donors (Lipinski definition) is 4. The maximum absolute atomic E-state index is 13.4. The van der Waals surface area contributed by atoms with E-state index in [0.29, 0.717) is 6.07 Å². The summed E-state index contributed by atoms with van der Waals surface area (Å²) in [6.07, 6.45) is -0.356. The number of anilines is 2. The first-order valence-corrected chi connectivity index (χ1v) is 9.86. The monoisotopic (exact) mass is 465 g/mol. The van der Waals surface area contributed by atoms with Crippen molar-refractivity contribution < 1.29 is 22.8 Å². The maximum Gasteiger partial charge on any atom is 0.416 e. The summed E-state index contributed by atoms with van der Waals surface area (Å²) in [6.45, 7) is 0. The highest BCUT2D eigenvalue weighted by Crippen LogP contribution is 2.33. The van der Waals surface area contributed by atoms with Crippen molar-refractivity contribution in [3.63, 3.8) is 0 Å². The SMILES string of the molecule is O=C(Nc1nc2cc(C(F)(F)F)cc(C(=O)Nc3ncc[nH]3)c2[nH]1)c1cc2ccccc2cn1. The smallest absolute Gasteiger partial charge is 0.331 e. The summed E-state index contributed by atoms with van der Waals surface area (Å²) in [6, 6.07) is 10.4. The molecule has 3 heterocycles. The highest BCUT2D eigenvalue weighted by atomic mass is 19.4. The van der Waals surface area contributed by atoms with Gasteiger partial charge in [0.15, 0.2) is 0 Å². The Kier molecular flexibility index (Phi) is 4.97. The summed E-state index contributed by atoms with van der Waals surface area (Å²) >= 11 is 0. The molecule has 34 heavy (non-hydrogen) atoms. The summed E-state index contributed by atoms with van der Waals surface area (Å²) < 4.78 is 40.3. The van der Waals surface area contributed by atoms with Gasteiger partial charge in [-0.1, -0.05) is 24.3 Å². The van der Waals surface area contributed by atoms with Gasteiger partial charge in [0.1, 0.15) is 5.69 Å². The molecule has 0 aliphatic carbocycles. The molecule has 12 heteroatoms. The number of imidazole rings is 2. The second kappa shape index (κ2) is 7.99. The summed E-state index contributed by atoms with van der Waals surface area (Å²) in [5.74, 6) is -1.54. The van der Waals surface area contributed by atoms with Gasteiger partial charge in [0.2, 0.25) is 11.9 Å². The number of nitrogens with one attached hydrogen (secondary N) is 4. The quantitative estimate of drug-likeness (QED) is 0.314. The lowest BCUT2D eigenvalue weighted by atomic mass is 10.1. The number of H-pyrrole nitrogens is 2. The van der Waals surface area contributed by atoms with Gasteiger partial charge in [-0.05, 0) is 23.6 Å². The summed E-state index contributed by atoms with van der Waals surface area (Å²) in [7, 11) is 0. The number of carbonyl (C=O) groups is 2. The van der Waals surface area contributed by atoms with Gasteiger partial charge in [-0.25, -0.2) is 9.97 Å². The van der Waals surface area contributed by atoms with E-state index in [0.717, 1.165) is 16.8 Å². The minimum absolute atomic E-state index is 0.0128. The summed E-state index contributed by atoms with van der Waals surface area (Å²) in [5.41, 5.74) is -1.44. The molecule has 3 aromatic heterocycles. The Bertz CT molecular complexity index is 1540. The van der Waals surface area contributed by atoms with E-state index in [1.807, 2.05) is 24.3 Å². The molecular formula is C22H14F3N7O2. The van der Waals surface area contributed by atoms with Crippen LogP contribution in [0.4, 0.5) is 25.1 Å². The van der Waals surface area contributed by atoms with Gasteiger partial charge in [0.05, 0.1) is 22.2 Å². The van der Waals surface area contributed by atoms with Crippen LogP contribution in [0.2, 0.25) is 0 Å². The zero-order valence-electron chi connectivity index (χ0n) is 17.1. The Morgan fingerprint density at radius 3 is 2.41 bits per heavy atom. The van der Waals surface area contributed by atoms with Crippen molar-refractivity contribution in [1.29, 1.82) is 0 Å². The van der Waals surface area contributed by atoms with Crippen molar-refractivity contribution in [3.8, 4) is 0 Å². The first kappa shape index (κ1) is 21.1. The van der Waals surface area contributed by atoms with E-state index >= 15 is 0 Å². The predicted molar refractivity (Wildman–Crippen MR) is 117 cm³/mol. The van der Waals surface area contributed by atoms with Gasteiger partial charge in [-0.2, -0.15) is 13.2 Å². The number of benzene rings is 2. The maximum atomic E-state index is 13.4. The molecule has 0 spiro atoms. The highest BCUT2D eigenvalue weighted by molar-refractivity contribution is 6.12. The fourth-order valence-electron chi connectivity index (χ4n) is 3.40. The van der Waals surface area contributed by atoms with Crippen molar-refractivity contribution in [2.75, 3.05) is 10.6 Å². The molecule has 9 nitrogen and oxygen atoms in total. The van der Waals surface area contributed by atoms with Crippen molar-refractivity contribution in [1.82, 2.24) is 24.9 Å². The lowest BCUT2D eigenvalue weighted by Crippen LogP contribution is -2.16. The van der Waals surface area contributed by atoms with Crippen LogP contribution in [0.15, 0.2) is 61.1 Å². The Morgan fingerprint density at radius 1 is 0.912 bits per heavy atom. The number of pyridine rings is 1. The number of aromatic nitrogens is 5. The topological polar surface area (TPSA) is 128 Å². The average Bonchev–Trinajstić information content (AvgIpc) is 3.46. The van der Waals surface area contributed by atoms with Gasteiger partial charge >= 0.3 is 6.18 Å². The average molecular weight is 465 g/mol. The number of alkyl halides is 3. The second-order valence-electron chi connectivity index (χ2n) is 7.26. The van der Waals surface area contributed by atoms with Gasteiger partial charge < -0.3 is 9.97 Å². The Labute approximate surface area is 188 Å². The van der Waals surface area contributed by atoms with E-state index in [1.54, 1.807) is 6.07 Å². The molecule has 0 fully saturated rings.